The van der Waals surface area contributed by atoms with E-state index in [1.54, 1.807) is 0 Å². The van der Waals surface area contributed by atoms with Crippen LogP contribution in [-0.2, 0) is 40.9 Å². The van der Waals surface area contributed by atoms with Crippen LogP contribution in [0.2, 0.25) is 0 Å². The SMILES string of the molecule is [Na+].[Na+].[Na+].[Na+].[Na+].[Ni].[O-2].[O-2].[S-2]. The molecule has 0 aliphatic heterocycles. The van der Waals surface area contributed by atoms with Crippen LogP contribution in [0.4, 0.5) is 0 Å². The van der Waals surface area contributed by atoms with Gasteiger partial charge in [-0.15, -0.1) is 0 Å². The summed E-state index contributed by atoms with van der Waals surface area (Å²) in [6.45, 7) is 0. The summed E-state index contributed by atoms with van der Waals surface area (Å²) in [5, 5.41) is 0. The Balaban J connectivity index is 0. The van der Waals surface area contributed by atoms with Gasteiger partial charge in [-0.3, -0.25) is 0 Å². The fourth-order valence-electron chi connectivity index (χ4n) is 0. The number of rotatable bonds is 0. The van der Waals surface area contributed by atoms with Crippen LogP contribution in [0.3, 0.4) is 0 Å². The standard InChI is InChI=1S/5Na.Ni.2O.S/q5*+1;;3*-2. The Morgan fingerprint density at radius 3 is 0.444 bits per heavy atom. The smallest absolute Gasteiger partial charge is 1.00 e. The predicted octanol–water partition coefficient (Wildman–Crippen LogP) is -15.2. The molecule has 0 heterocycles. The van der Waals surface area contributed by atoms with Crippen LogP contribution in [0.15, 0.2) is 0 Å². The molecule has 0 saturated carbocycles. The van der Waals surface area contributed by atoms with Gasteiger partial charge < -0.3 is 24.4 Å². The summed E-state index contributed by atoms with van der Waals surface area (Å²) in [7, 11) is 0. The molecule has 0 aromatic rings. The minimum Gasteiger partial charge on any atom is -2.00 e. The zero-order valence-electron chi connectivity index (χ0n) is 6.54. The Hall–Kier alpha value is 5.76. The maximum Gasteiger partial charge on any atom is 1.00 e. The van der Waals surface area contributed by atoms with Gasteiger partial charge in [0.05, 0.1) is 0 Å². The maximum atomic E-state index is 0. The minimum atomic E-state index is 0. The number of hydrogen-bond acceptors (Lipinski definition) is 0. The van der Waals surface area contributed by atoms with E-state index in [4.69, 9.17) is 0 Å². The second kappa shape index (κ2) is 67.5. The third-order valence-corrected chi connectivity index (χ3v) is 0. The summed E-state index contributed by atoms with van der Waals surface area (Å²) >= 11 is 0. The van der Waals surface area contributed by atoms with E-state index in [0.717, 1.165) is 0 Å². The van der Waals surface area contributed by atoms with Crippen molar-refractivity contribution >= 4 is 13.5 Å². The molecule has 0 rings (SSSR count). The van der Waals surface area contributed by atoms with Crippen molar-refractivity contribution in [1.29, 1.82) is 0 Å². The predicted molar refractivity (Wildman–Crippen MR) is 8.74 cm³/mol. The molecule has 0 aliphatic carbocycles. The van der Waals surface area contributed by atoms with Crippen molar-refractivity contribution in [2.24, 2.45) is 0 Å². The molecule has 0 aromatic carbocycles. The first-order valence-electron chi connectivity index (χ1n) is 0. The monoisotopic (exact) mass is 237 g/mol. The number of hydrogen-bond donors (Lipinski definition) is 0. The molecule has 0 aliphatic rings. The summed E-state index contributed by atoms with van der Waals surface area (Å²) in [5.41, 5.74) is 0. The second-order valence-corrected chi connectivity index (χ2v) is 0. The van der Waals surface area contributed by atoms with E-state index in [0.29, 0.717) is 0 Å². The summed E-state index contributed by atoms with van der Waals surface area (Å²) < 4.78 is 0. The van der Waals surface area contributed by atoms with Gasteiger partial charge in [0.1, 0.15) is 0 Å². The molecule has 0 unspecified atom stereocenters. The van der Waals surface area contributed by atoms with Gasteiger partial charge in [0, 0.05) is 16.5 Å². The zero-order valence-corrected chi connectivity index (χ0v) is 18.3. The Kier molecular flexibility index (Phi) is 631. The fourth-order valence-corrected chi connectivity index (χ4v) is 0. The van der Waals surface area contributed by atoms with Crippen molar-refractivity contribution in [2.45, 2.75) is 0 Å². The largest absolute Gasteiger partial charge is 2.00 e. The molecular formula is Na5NiO2S-. The molecule has 9 heavy (non-hydrogen) atoms. The van der Waals surface area contributed by atoms with Gasteiger partial charge in [-0.05, 0) is 0 Å². The quantitative estimate of drug-likeness (QED) is 0.376. The summed E-state index contributed by atoms with van der Waals surface area (Å²) in [5.74, 6) is 0. The minimum absolute atomic E-state index is 0. The van der Waals surface area contributed by atoms with Crippen LogP contribution < -0.4 is 148 Å². The Morgan fingerprint density at radius 2 is 0.444 bits per heavy atom. The van der Waals surface area contributed by atoms with Crippen molar-refractivity contribution < 1.29 is 175 Å². The van der Waals surface area contributed by atoms with Gasteiger partial charge in [0.25, 0.3) is 0 Å². The van der Waals surface area contributed by atoms with Crippen LogP contribution in [0.1, 0.15) is 0 Å². The van der Waals surface area contributed by atoms with Crippen molar-refractivity contribution in [3.8, 4) is 0 Å². The third-order valence-electron chi connectivity index (χ3n) is 0. The first kappa shape index (κ1) is 84.2. The van der Waals surface area contributed by atoms with E-state index in [9.17, 15) is 0 Å². The summed E-state index contributed by atoms with van der Waals surface area (Å²) in [6.07, 6.45) is 0. The zero-order chi connectivity index (χ0) is 0. The molecule has 0 spiro atoms. The molecule has 0 saturated heterocycles. The van der Waals surface area contributed by atoms with Gasteiger partial charge in [0.2, 0.25) is 0 Å². The molecule has 0 atom stereocenters. The second-order valence-electron chi connectivity index (χ2n) is 0. The molecule has 0 fully saturated rings. The van der Waals surface area contributed by atoms with E-state index in [-0.39, 0.29) is 189 Å². The Morgan fingerprint density at radius 1 is 0.444 bits per heavy atom. The van der Waals surface area contributed by atoms with E-state index in [1.807, 2.05) is 0 Å². The molecule has 2 nitrogen and oxygen atoms in total. The third kappa shape index (κ3) is 57.3. The Bertz CT molecular complexity index is 14.9. The average molecular weight is 238 g/mol. The van der Waals surface area contributed by atoms with Crippen LogP contribution in [0, 0.1) is 0 Å². The van der Waals surface area contributed by atoms with Crippen LogP contribution in [0.25, 0.3) is 0 Å². The molecule has 0 bridgehead atoms. The molecule has 0 amide bonds. The van der Waals surface area contributed by atoms with Crippen molar-refractivity contribution in [3.63, 3.8) is 0 Å². The van der Waals surface area contributed by atoms with Crippen molar-refractivity contribution in [1.82, 2.24) is 0 Å². The average Bonchev–Trinajstić information content (AvgIpc) is 0. The van der Waals surface area contributed by atoms with Crippen LogP contribution in [0.5, 0.6) is 0 Å². The van der Waals surface area contributed by atoms with Gasteiger partial charge in [-0.1, -0.05) is 0 Å². The van der Waals surface area contributed by atoms with E-state index >= 15 is 0 Å². The van der Waals surface area contributed by atoms with E-state index in [1.165, 1.54) is 0 Å². The van der Waals surface area contributed by atoms with Gasteiger partial charge in [-0.2, -0.15) is 0 Å². The summed E-state index contributed by atoms with van der Waals surface area (Å²) in [4.78, 5) is 0. The molecule has 0 radical (unpaired) electrons. The molecule has 0 N–H and O–H groups in total. The van der Waals surface area contributed by atoms with E-state index < -0.39 is 0 Å². The molecule has 0 aromatic heterocycles. The van der Waals surface area contributed by atoms with E-state index in [2.05, 4.69) is 0 Å². The topological polar surface area (TPSA) is 57.0 Å². The van der Waals surface area contributed by atoms with Crippen LogP contribution >= 0.6 is 0 Å². The van der Waals surface area contributed by atoms with Gasteiger partial charge >= 0.3 is 148 Å². The molecular weight excluding hydrogens is 238 g/mol. The van der Waals surface area contributed by atoms with Crippen molar-refractivity contribution in [3.05, 3.63) is 0 Å². The van der Waals surface area contributed by atoms with Gasteiger partial charge in [-0.25, -0.2) is 0 Å². The molecule has 34 valence electrons. The first-order chi connectivity index (χ1) is 0. The normalized spacial score (nSPS) is 0. The first-order valence-corrected chi connectivity index (χ1v) is 0. The summed E-state index contributed by atoms with van der Waals surface area (Å²) in [6, 6.07) is 0. The van der Waals surface area contributed by atoms with Gasteiger partial charge in [0.15, 0.2) is 0 Å². The fraction of sp³-hybridized carbons (Fsp3) is 0. The Labute approximate surface area is 184 Å². The van der Waals surface area contributed by atoms with Crippen molar-refractivity contribution in [2.75, 3.05) is 0 Å². The maximum absolute atomic E-state index is 0. The molecule has 9 heteroatoms. The van der Waals surface area contributed by atoms with Crippen LogP contribution in [-0.4, -0.2) is 0 Å².